The molecule has 1 amide bonds. The molecule has 0 spiro atoms. The van der Waals surface area contributed by atoms with Crippen LogP contribution < -0.4 is 4.74 Å². The fourth-order valence-corrected chi connectivity index (χ4v) is 4.15. The number of nitrogens with zero attached hydrogens (tertiary/aromatic N) is 2. The molecule has 1 heterocycles. The van der Waals surface area contributed by atoms with E-state index in [1.165, 1.54) is 43.2 Å². The van der Waals surface area contributed by atoms with Crippen LogP contribution in [0.25, 0.3) is 0 Å². The fourth-order valence-electron chi connectivity index (χ4n) is 4.15. The molecule has 1 atom stereocenters. The van der Waals surface area contributed by atoms with E-state index in [0.717, 1.165) is 38.5 Å². The second-order valence-corrected chi connectivity index (χ2v) is 7.14. The van der Waals surface area contributed by atoms with Crippen LogP contribution in [0.3, 0.4) is 0 Å². The SMILES string of the molecule is COc1ccc2c(c1)C(CCCN1CCN(C(C)=O)CC1)CCC2. The summed E-state index contributed by atoms with van der Waals surface area (Å²) >= 11 is 0. The van der Waals surface area contributed by atoms with Gasteiger partial charge in [0.05, 0.1) is 7.11 Å². The van der Waals surface area contributed by atoms with Crippen molar-refractivity contribution in [3.8, 4) is 5.75 Å². The Kier molecular flexibility index (Phi) is 5.77. The van der Waals surface area contributed by atoms with Gasteiger partial charge in [0.25, 0.3) is 0 Å². The van der Waals surface area contributed by atoms with E-state index in [2.05, 4.69) is 23.1 Å². The molecule has 1 aromatic carbocycles. The van der Waals surface area contributed by atoms with Crippen molar-refractivity contribution in [2.45, 2.75) is 44.9 Å². The van der Waals surface area contributed by atoms with Gasteiger partial charge in [-0.05, 0) is 67.8 Å². The third kappa shape index (κ3) is 4.10. The quantitative estimate of drug-likeness (QED) is 0.832. The van der Waals surface area contributed by atoms with Gasteiger partial charge < -0.3 is 9.64 Å². The second kappa shape index (κ2) is 8.02. The maximum Gasteiger partial charge on any atom is 0.219 e. The number of rotatable bonds is 5. The minimum absolute atomic E-state index is 0.211. The van der Waals surface area contributed by atoms with Gasteiger partial charge in [-0.3, -0.25) is 9.69 Å². The number of benzene rings is 1. The molecular formula is C20H30N2O2. The van der Waals surface area contributed by atoms with Gasteiger partial charge in [0.2, 0.25) is 5.91 Å². The molecule has 0 radical (unpaired) electrons. The summed E-state index contributed by atoms with van der Waals surface area (Å²) in [7, 11) is 1.75. The summed E-state index contributed by atoms with van der Waals surface area (Å²) in [5, 5.41) is 0. The van der Waals surface area contributed by atoms with E-state index < -0.39 is 0 Å². The van der Waals surface area contributed by atoms with E-state index in [4.69, 9.17) is 4.74 Å². The minimum atomic E-state index is 0.211. The zero-order chi connectivity index (χ0) is 16.9. The minimum Gasteiger partial charge on any atom is -0.497 e. The number of piperazine rings is 1. The molecule has 0 bridgehead atoms. The Morgan fingerprint density at radius 2 is 2.04 bits per heavy atom. The molecule has 1 unspecified atom stereocenters. The van der Waals surface area contributed by atoms with Crippen LogP contribution in [0.1, 0.15) is 49.7 Å². The summed E-state index contributed by atoms with van der Waals surface area (Å²) in [6, 6.07) is 6.60. The molecular weight excluding hydrogens is 300 g/mol. The molecule has 24 heavy (non-hydrogen) atoms. The van der Waals surface area contributed by atoms with Crippen LogP contribution in [0.5, 0.6) is 5.75 Å². The number of carbonyl (C=O) groups excluding carboxylic acids is 1. The van der Waals surface area contributed by atoms with Crippen molar-refractivity contribution in [1.29, 1.82) is 0 Å². The molecule has 132 valence electrons. The first kappa shape index (κ1) is 17.3. The number of hydrogen-bond donors (Lipinski definition) is 0. The molecule has 3 rings (SSSR count). The smallest absolute Gasteiger partial charge is 0.219 e. The first-order chi connectivity index (χ1) is 11.7. The van der Waals surface area contributed by atoms with Gasteiger partial charge in [0.1, 0.15) is 5.75 Å². The Morgan fingerprint density at radius 3 is 2.75 bits per heavy atom. The number of aryl methyl sites for hydroxylation is 1. The Bertz CT molecular complexity index is 565. The number of ether oxygens (including phenoxy) is 1. The molecule has 2 aliphatic rings. The van der Waals surface area contributed by atoms with E-state index in [9.17, 15) is 4.79 Å². The monoisotopic (exact) mass is 330 g/mol. The standard InChI is InChI=1S/C20H30N2O2/c1-16(23)22-13-11-21(12-14-22)10-4-7-17-5-3-6-18-8-9-19(24-2)15-20(17)18/h8-9,15,17H,3-7,10-14H2,1-2H3. The number of amides is 1. The highest BCUT2D eigenvalue weighted by molar-refractivity contribution is 5.73. The molecule has 0 saturated carbocycles. The summed E-state index contributed by atoms with van der Waals surface area (Å²) in [6.07, 6.45) is 6.32. The van der Waals surface area contributed by atoms with Crippen molar-refractivity contribution in [3.63, 3.8) is 0 Å². The predicted molar refractivity (Wildman–Crippen MR) is 96.6 cm³/mol. The number of hydrogen-bond acceptors (Lipinski definition) is 3. The van der Waals surface area contributed by atoms with Crippen LogP contribution in [0, 0.1) is 0 Å². The molecule has 1 fully saturated rings. The van der Waals surface area contributed by atoms with Gasteiger partial charge in [-0.25, -0.2) is 0 Å². The van der Waals surface area contributed by atoms with E-state index in [0.29, 0.717) is 5.92 Å². The third-order valence-corrected chi connectivity index (χ3v) is 5.64. The Balaban J connectivity index is 1.49. The Labute approximate surface area is 145 Å². The fraction of sp³-hybridized carbons (Fsp3) is 0.650. The van der Waals surface area contributed by atoms with Crippen LogP contribution in [-0.2, 0) is 11.2 Å². The molecule has 0 N–H and O–H groups in total. The summed E-state index contributed by atoms with van der Waals surface area (Å²) in [5.41, 5.74) is 3.03. The normalized spacial score (nSPS) is 21.4. The second-order valence-electron chi connectivity index (χ2n) is 7.14. The van der Waals surface area contributed by atoms with Gasteiger partial charge in [-0.1, -0.05) is 6.07 Å². The Hall–Kier alpha value is -1.55. The van der Waals surface area contributed by atoms with Crippen LogP contribution in [-0.4, -0.2) is 55.5 Å². The predicted octanol–water partition coefficient (Wildman–Crippen LogP) is 3.06. The highest BCUT2D eigenvalue weighted by Crippen LogP contribution is 2.36. The van der Waals surface area contributed by atoms with Gasteiger partial charge in [-0.15, -0.1) is 0 Å². The zero-order valence-corrected chi connectivity index (χ0v) is 15.1. The molecule has 1 saturated heterocycles. The first-order valence-electron chi connectivity index (χ1n) is 9.32. The third-order valence-electron chi connectivity index (χ3n) is 5.64. The van der Waals surface area contributed by atoms with Gasteiger partial charge in [0, 0.05) is 33.1 Å². The van der Waals surface area contributed by atoms with Crippen molar-refractivity contribution in [1.82, 2.24) is 9.80 Å². The van der Waals surface area contributed by atoms with Gasteiger partial charge in [-0.2, -0.15) is 0 Å². The lowest BCUT2D eigenvalue weighted by molar-refractivity contribution is -0.130. The van der Waals surface area contributed by atoms with E-state index in [1.807, 2.05) is 4.90 Å². The van der Waals surface area contributed by atoms with E-state index in [-0.39, 0.29) is 5.91 Å². The molecule has 4 heteroatoms. The highest BCUT2D eigenvalue weighted by atomic mass is 16.5. The molecule has 4 nitrogen and oxygen atoms in total. The van der Waals surface area contributed by atoms with Crippen LogP contribution in [0.2, 0.25) is 0 Å². The maximum atomic E-state index is 11.4. The molecule has 1 aliphatic heterocycles. The average molecular weight is 330 g/mol. The van der Waals surface area contributed by atoms with Crippen molar-refractivity contribution in [3.05, 3.63) is 29.3 Å². The molecule has 1 aliphatic carbocycles. The lowest BCUT2D eigenvalue weighted by Gasteiger charge is -2.34. The summed E-state index contributed by atoms with van der Waals surface area (Å²) in [6.45, 7) is 6.65. The van der Waals surface area contributed by atoms with Crippen molar-refractivity contribution in [2.24, 2.45) is 0 Å². The van der Waals surface area contributed by atoms with Crippen LogP contribution in [0.15, 0.2) is 18.2 Å². The van der Waals surface area contributed by atoms with E-state index in [1.54, 1.807) is 14.0 Å². The van der Waals surface area contributed by atoms with Crippen molar-refractivity contribution < 1.29 is 9.53 Å². The van der Waals surface area contributed by atoms with Gasteiger partial charge >= 0.3 is 0 Å². The average Bonchev–Trinajstić information content (AvgIpc) is 2.62. The van der Waals surface area contributed by atoms with Gasteiger partial charge in [0.15, 0.2) is 0 Å². The lowest BCUT2D eigenvalue weighted by atomic mass is 9.80. The van der Waals surface area contributed by atoms with E-state index >= 15 is 0 Å². The lowest BCUT2D eigenvalue weighted by Crippen LogP contribution is -2.48. The summed E-state index contributed by atoms with van der Waals surface area (Å²) < 4.78 is 5.42. The number of methoxy groups -OCH3 is 1. The summed E-state index contributed by atoms with van der Waals surface area (Å²) in [5.74, 6) is 1.88. The maximum absolute atomic E-state index is 11.4. The number of fused-ring (bicyclic) bond motifs is 1. The molecule has 1 aromatic rings. The zero-order valence-electron chi connectivity index (χ0n) is 15.1. The van der Waals surface area contributed by atoms with Crippen LogP contribution in [0.4, 0.5) is 0 Å². The van der Waals surface area contributed by atoms with Crippen molar-refractivity contribution in [2.75, 3.05) is 39.8 Å². The number of carbonyl (C=O) groups is 1. The largest absolute Gasteiger partial charge is 0.497 e. The van der Waals surface area contributed by atoms with Crippen molar-refractivity contribution >= 4 is 5.91 Å². The summed E-state index contributed by atoms with van der Waals surface area (Å²) in [4.78, 5) is 15.9. The highest BCUT2D eigenvalue weighted by Gasteiger charge is 2.22. The first-order valence-corrected chi connectivity index (χ1v) is 9.32. The molecule has 0 aromatic heterocycles. The van der Waals surface area contributed by atoms with Crippen LogP contribution >= 0.6 is 0 Å². The topological polar surface area (TPSA) is 32.8 Å². The Morgan fingerprint density at radius 1 is 1.25 bits per heavy atom.